The Kier molecular flexibility index (Phi) is 3.19. The summed E-state index contributed by atoms with van der Waals surface area (Å²) in [4.78, 5) is 0. The van der Waals surface area contributed by atoms with Crippen molar-refractivity contribution in [3.63, 3.8) is 0 Å². The monoisotopic (exact) mass is 262 g/mol. The van der Waals surface area contributed by atoms with E-state index in [9.17, 15) is 0 Å². The fourth-order valence-electron chi connectivity index (χ4n) is 1.17. The van der Waals surface area contributed by atoms with Crippen molar-refractivity contribution in [3.8, 4) is 11.3 Å². The van der Waals surface area contributed by atoms with E-state index in [2.05, 4.69) is 10.5 Å². The van der Waals surface area contributed by atoms with Crippen molar-refractivity contribution in [2.24, 2.45) is 0 Å². The fourth-order valence-corrected chi connectivity index (χ4v) is 2.65. The molecule has 3 nitrogen and oxygen atoms in total. The zero-order valence-electron chi connectivity index (χ0n) is 7.88. The van der Waals surface area contributed by atoms with E-state index in [0.29, 0.717) is 20.3 Å². The van der Waals surface area contributed by atoms with Gasteiger partial charge in [0.25, 0.3) is 0 Å². The molecule has 6 heteroatoms. The van der Waals surface area contributed by atoms with E-state index >= 15 is 0 Å². The topological polar surface area (TPSA) is 38.1 Å². The molecular weight excluding hydrogens is 255 g/mol. The molecule has 0 unspecified atom stereocenters. The molecule has 1 N–H and O–H groups in total. The molecule has 2 heterocycles. The summed E-state index contributed by atoms with van der Waals surface area (Å²) in [6.07, 6.45) is 0. The van der Waals surface area contributed by atoms with Gasteiger partial charge < -0.3 is 9.84 Å². The van der Waals surface area contributed by atoms with Gasteiger partial charge in [-0.05, 0) is 13.0 Å². The van der Waals surface area contributed by atoms with Crippen LogP contribution in [-0.4, -0.2) is 11.7 Å². The predicted octanol–water partition coefficient (Wildman–Crippen LogP) is 4.14. The Balaban J connectivity index is 2.32. The molecule has 0 atom stereocenters. The van der Waals surface area contributed by atoms with Gasteiger partial charge in [0, 0.05) is 12.6 Å². The molecule has 0 spiro atoms. The van der Waals surface area contributed by atoms with Crippen LogP contribution in [0.1, 0.15) is 6.92 Å². The van der Waals surface area contributed by atoms with Crippen molar-refractivity contribution in [1.82, 2.24) is 5.16 Å². The number of nitrogens with one attached hydrogen (secondary N) is 1. The van der Waals surface area contributed by atoms with Gasteiger partial charge in [0.1, 0.15) is 4.34 Å². The van der Waals surface area contributed by atoms with E-state index in [1.807, 2.05) is 6.92 Å². The molecule has 0 saturated carbocycles. The Morgan fingerprint density at radius 2 is 2.27 bits per heavy atom. The van der Waals surface area contributed by atoms with E-state index in [1.54, 1.807) is 12.1 Å². The number of aromatic nitrogens is 1. The smallest absolute Gasteiger partial charge is 0.171 e. The van der Waals surface area contributed by atoms with Crippen LogP contribution in [-0.2, 0) is 0 Å². The van der Waals surface area contributed by atoms with Crippen LogP contribution in [0.2, 0.25) is 8.67 Å². The van der Waals surface area contributed by atoms with E-state index < -0.39 is 0 Å². The summed E-state index contributed by atoms with van der Waals surface area (Å²) in [6, 6.07) is 3.57. The molecule has 80 valence electrons. The van der Waals surface area contributed by atoms with Gasteiger partial charge in [-0.15, -0.1) is 11.3 Å². The maximum atomic E-state index is 5.99. The first-order valence-electron chi connectivity index (χ1n) is 4.36. The van der Waals surface area contributed by atoms with Crippen molar-refractivity contribution < 1.29 is 4.52 Å². The molecule has 15 heavy (non-hydrogen) atoms. The molecular formula is C9H8Cl2N2OS. The van der Waals surface area contributed by atoms with Gasteiger partial charge in [-0.3, -0.25) is 0 Å². The van der Waals surface area contributed by atoms with Crippen LogP contribution in [0, 0.1) is 0 Å². The SMILES string of the molecule is CCNc1cc(-c2cc(Cl)sc2Cl)on1. The molecule has 0 amide bonds. The van der Waals surface area contributed by atoms with Gasteiger partial charge in [-0.1, -0.05) is 28.4 Å². The average Bonchev–Trinajstić information content (AvgIpc) is 2.73. The lowest BCUT2D eigenvalue weighted by Crippen LogP contribution is -1.95. The summed E-state index contributed by atoms with van der Waals surface area (Å²) >= 11 is 13.1. The van der Waals surface area contributed by atoms with Gasteiger partial charge in [0.15, 0.2) is 11.6 Å². The molecule has 2 aromatic rings. The summed E-state index contributed by atoms with van der Waals surface area (Å²) < 4.78 is 6.39. The van der Waals surface area contributed by atoms with Gasteiger partial charge in [-0.2, -0.15) is 0 Å². The highest BCUT2D eigenvalue weighted by Crippen LogP contribution is 2.38. The summed E-state index contributed by atoms with van der Waals surface area (Å²) in [5, 5.41) is 6.90. The Labute approximate surface area is 101 Å². The fraction of sp³-hybridized carbons (Fsp3) is 0.222. The van der Waals surface area contributed by atoms with Crippen molar-refractivity contribution in [2.75, 3.05) is 11.9 Å². The van der Waals surface area contributed by atoms with Crippen LogP contribution >= 0.6 is 34.5 Å². The van der Waals surface area contributed by atoms with Crippen LogP contribution in [0.5, 0.6) is 0 Å². The maximum absolute atomic E-state index is 5.99. The second-order valence-corrected chi connectivity index (χ2v) is 5.13. The van der Waals surface area contributed by atoms with Crippen LogP contribution < -0.4 is 5.32 Å². The zero-order valence-corrected chi connectivity index (χ0v) is 10.2. The standard InChI is InChI=1S/C9H8Cl2N2OS/c1-2-12-8-4-6(14-13-8)5-3-7(10)15-9(5)11/h3-4H,2H2,1H3,(H,12,13). The second-order valence-electron chi connectivity index (χ2n) is 2.84. The normalized spacial score (nSPS) is 10.6. The Morgan fingerprint density at radius 1 is 1.47 bits per heavy atom. The van der Waals surface area contributed by atoms with Crippen LogP contribution in [0.4, 0.5) is 5.82 Å². The molecule has 0 bridgehead atoms. The first kappa shape index (κ1) is 10.8. The van der Waals surface area contributed by atoms with Crippen LogP contribution in [0.25, 0.3) is 11.3 Å². The minimum atomic E-state index is 0.610. The Morgan fingerprint density at radius 3 is 2.87 bits per heavy atom. The Hall–Kier alpha value is -0.710. The van der Waals surface area contributed by atoms with Gasteiger partial charge in [0.05, 0.1) is 9.90 Å². The lowest BCUT2D eigenvalue weighted by molar-refractivity contribution is 0.435. The predicted molar refractivity (Wildman–Crippen MR) is 64.0 cm³/mol. The quantitative estimate of drug-likeness (QED) is 0.904. The number of thiophene rings is 1. The zero-order chi connectivity index (χ0) is 10.8. The molecule has 0 aliphatic rings. The molecule has 0 aliphatic heterocycles. The highest BCUT2D eigenvalue weighted by Gasteiger charge is 2.13. The minimum Gasteiger partial charge on any atom is -0.368 e. The molecule has 2 rings (SSSR count). The lowest BCUT2D eigenvalue weighted by Gasteiger charge is -1.91. The van der Waals surface area contributed by atoms with Crippen LogP contribution in [0.3, 0.4) is 0 Å². The number of rotatable bonds is 3. The number of hydrogen-bond donors (Lipinski definition) is 1. The number of nitrogens with zero attached hydrogens (tertiary/aromatic N) is 1. The summed E-state index contributed by atoms with van der Waals surface area (Å²) in [7, 11) is 0. The molecule has 0 radical (unpaired) electrons. The number of hydrogen-bond acceptors (Lipinski definition) is 4. The van der Waals surface area contributed by atoms with Crippen molar-refractivity contribution in [3.05, 3.63) is 20.8 Å². The third-order valence-corrected chi connectivity index (χ3v) is 3.28. The van der Waals surface area contributed by atoms with E-state index in [0.717, 1.165) is 12.1 Å². The van der Waals surface area contributed by atoms with Gasteiger partial charge in [0.2, 0.25) is 0 Å². The van der Waals surface area contributed by atoms with Crippen molar-refractivity contribution >= 4 is 40.4 Å². The summed E-state index contributed by atoms with van der Waals surface area (Å²) in [6.45, 7) is 2.78. The van der Waals surface area contributed by atoms with Crippen LogP contribution in [0.15, 0.2) is 16.7 Å². The lowest BCUT2D eigenvalue weighted by atomic mass is 10.2. The molecule has 0 aliphatic carbocycles. The molecule has 2 aromatic heterocycles. The van der Waals surface area contributed by atoms with E-state index in [-0.39, 0.29) is 0 Å². The maximum Gasteiger partial charge on any atom is 0.171 e. The first-order chi connectivity index (χ1) is 7.20. The van der Waals surface area contributed by atoms with Gasteiger partial charge >= 0.3 is 0 Å². The van der Waals surface area contributed by atoms with Gasteiger partial charge in [-0.25, -0.2) is 0 Å². The average molecular weight is 263 g/mol. The van der Waals surface area contributed by atoms with Crippen molar-refractivity contribution in [1.29, 1.82) is 0 Å². The molecule has 0 aromatic carbocycles. The first-order valence-corrected chi connectivity index (χ1v) is 5.93. The Bertz CT molecular complexity index is 466. The second kappa shape index (κ2) is 4.43. The molecule has 0 saturated heterocycles. The minimum absolute atomic E-state index is 0.610. The third-order valence-electron chi connectivity index (χ3n) is 1.79. The summed E-state index contributed by atoms with van der Waals surface area (Å²) in [5.41, 5.74) is 0.781. The highest BCUT2D eigenvalue weighted by molar-refractivity contribution is 7.20. The largest absolute Gasteiger partial charge is 0.368 e. The van der Waals surface area contributed by atoms with E-state index in [1.165, 1.54) is 11.3 Å². The van der Waals surface area contributed by atoms with E-state index in [4.69, 9.17) is 27.7 Å². The summed E-state index contributed by atoms with van der Waals surface area (Å²) in [5.74, 6) is 1.32. The highest BCUT2D eigenvalue weighted by atomic mass is 35.5. The number of halogens is 2. The third kappa shape index (κ3) is 2.27. The van der Waals surface area contributed by atoms with Crippen molar-refractivity contribution in [2.45, 2.75) is 6.92 Å². The number of anilines is 1. The molecule has 0 fully saturated rings.